The summed E-state index contributed by atoms with van der Waals surface area (Å²) in [6.07, 6.45) is 8.18. The molecule has 21 heavy (non-hydrogen) atoms. The molecule has 1 saturated heterocycles. The molecule has 3 rings (SSSR count). The fourth-order valence-electron chi connectivity index (χ4n) is 3.58. The van der Waals surface area contributed by atoms with Crippen molar-refractivity contribution in [2.45, 2.75) is 50.5 Å². The van der Waals surface area contributed by atoms with E-state index in [-0.39, 0.29) is 0 Å². The second kappa shape index (κ2) is 7.75. The molecule has 1 N–H and O–H groups in total. The van der Waals surface area contributed by atoms with E-state index >= 15 is 0 Å². The molecule has 1 saturated carbocycles. The molecule has 0 amide bonds. The molecule has 2 nitrogen and oxygen atoms in total. The maximum Gasteiger partial charge on any atom is 0.0175 e. The Morgan fingerprint density at radius 3 is 2.48 bits per heavy atom. The molecular weight excluding hydrogens is 324 g/mol. The van der Waals surface area contributed by atoms with E-state index in [1.165, 1.54) is 74.7 Å². The quantitative estimate of drug-likeness (QED) is 0.774. The van der Waals surface area contributed by atoms with Crippen LogP contribution >= 0.6 is 15.9 Å². The van der Waals surface area contributed by atoms with Crippen molar-refractivity contribution in [3.05, 3.63) is 34.3 Å². The van der Waals surface area contributed by atoms with Gasteiger partial charge in [0, 0.05) is 10.5 Å². The lowest BCUT2D eigenvalue weighted by Gasteiger charge is -2.36. The van der Waals surface area contributed by atoms with Gasteiger partial charge in [0.05, 0.1) is 0 Å². The molecule has 0 aromatic heterocycles. The van der Waals surface area contributed by atoms with E-state index < -0.39 is 0 Å². The van der Waals surface area contributed by atoms with Gasteiger partial charge in [-0.05, 0) is 81.9 Å². The molecule has 2 fully saturated rings. The number of piperidine rings is 1. The van der Waals surface area contributed by atoms with Crippen LogP contribution in [-0.2, 0) is 0 Å². The Morgan fingerprint density at radius 2 is 1.76 bits per heavy atom. The molecule has 2 aliphatic rings. The zero-order valence-corrected chi connectivity index (χ0v) is 14.4. The Labute approximate surface area is 137 Å². The molecule has 0 spiro atoms. The van der Waals surface area contributed by atoms with Crippen molar-refractivity contribution in [1.82, 2.24) is 10.2 Å². The van der Waals surface area contributed by atoms with Gasteiger partial charge in [0.2, 0.25) is 0 Å². The van der Waals surface area contributed by atoms with Gasteiger partial charge >= 0.3 is 0 Å². The molecule has 0 radical (unpaired) electrons. The number of benzene rings is 1. The van der Waals surface area contributed by atoms with Crippen LogP contribution in [0, 0.1) is 0 Å². The predicted octanol–water partition coefficient (Wildman–Crippen LogP) is 4.16. The smallest absolute Gasteiger partial charge is 0.0175 e. The van der Waals surface area contributed by atoms with E-state index in [9.17, 15) is 0 Å². The summed E-state index contributed by atoms with van der Waals surface area (Å²) in [5.41, 5.74) is 1.50. The normalized spacial score (nSPS) is 26.5. The van der Waals surface area contributed by atoms with Gasteiger partial charge in [0.25, 0.3) is 0 Å². The average Bonchev–Trinajstić information content (AvgIpc) is 2.48. The Bertz CT molecular complexity index is 419. The zero-order chi connectivity index (χ0) is 14.5. The van der Waals surface area contributed by atoms with E-state index in [1.807, 2.05) is 0 Å². The topological polar surface area (TPSA) is 15.3 Å². The predicted molar refractivity (Wildman–Crippen MR) is 92.8 cm³/mol. The Hall–Kier alpha value is -0.380. The van der Waals surface area contributed by atoms with Gasteiger partial charge in [-0.3, -0.25) is 0 Å². The minimum Gasteiger partial charge on any atom is -0.314 e. The van der Waals surface area contributed by atoms with Gasteiger partial charge < -0.3 is 10.2 Å². The van der Waals surface area contributed by atoms with Crippen molar-refractivity contribution < 1.29 is 0 Å². The summed E-state index contributed by atoms with van der Waals surface area (Å²) in [5.74, 6) is 0.776. The highest BCUT2D eigenvalue weighted by Crippen LogP contribution is 2.37. The van der Waals surface area contributed by atoms with Crippen LogP contribution in [-0.4, -0.2) is 37.1 Å². The van der Waals surface area contributed by atoms with Crippen LogP contribution in [0.1, 0.15) is 50.0 Å². The van der Waals surface area contributed by atoms with Crippen molar-refractivity contribution in [3.63, 3.8) is 0 Å². The molecule has 1 heterocycles. The van der Waals surface area contributed by atoms with Crippen molar-refractivity contribution in [2.24, 2.45) is 0 Å². The number of halogens is 1. The van der Waals surface area contributed by atoms with Gasteiger partial charge in [0.1, 0.15) is 0 Å². The number of nitrogens with zero attached hydrogens (tertiary/aromatic N) is 1. The highest BCUT2D eigenvalue weighted by atomic mass is 79.9. The van der Waals surface area contributed by atoms with Crippen LogP contribution in [0.3, 0.4) is 0 Å². The summed E-state index contributed by atoms with van der Waals surface area (Å²) >= 11 is 3.50. The third-order valence-corrected chi connectivity index (χ3v) is 5.54. The van der Waals surface area contributed by atoms with Gasteiger partial charge in [-0.2, -0.15) is 0 Å². The molecule has 1 aliphatic carbocycles. The first-order valence-electron chi connectivity index (χ1n) is 8.52. The molecule has 0 bridgehead atoms. The third kappa shape index (κ3) is 4.54. The van der Waals surface area contributed by atoms with E-state index in [4.69, 9.17) is 0 Å². The largest absolute Gasteiger partial charge is 0.314 e. The first kappa shape index (κ1) is 15.5. The third-order valence-electron chi connectivity index (χ3n) is 5.01. The Balaban J connectivity index is 1.28. The fraction of sp³-hybridized carbons (Fsp3) is 0.667. The molecule has 1 aromatic carbocycles. The Kier molecular flexibility index (Phi) is 5.73. The maximum atomic E-state index is 3.73. The molecule has 116 valence electrons. The summed E-state index contributed by atoms with van der Waals surface area (Å²) in [6, 6.07) is 9.60. The van der Waals surface area contributed by atoms with Gasteiger partial charge in [-0.25, -0.2) is 0 Å². The molecular formula is C18H27BrN2. The lowest BCUT2D eigenvalue weighted by atomic mass is 9.76. The number of likely N-dealkylation sites (tertiary alicyclic amines) is 1. The minimum absolute atomic E-state index is 0.750. The minimum atomic E-state index is 0.750. The molecule has 1 aliphatic heterocycles. The second-order valence-electron chi connectivity index (χ2n) is 6.63. The van der Waals surface area contributed by atoms with Crippen LogP contribution in [0.25, 0.3) is 0 Å². The molecule has 3 heteroatoms. The van der Waals surface area contributed by atoms with Crippen molar-refractivity contribution >= 4 is 15.9 Å². The summed E-state index contributed by atoms with van der Waals surface area (Å²) in [5, 5.41) is 3.73. The van der Waals surface area contributed by atoms with Crippen LogP contribution in [0.4, 0.5) is 0 Å². The van der Waals surface area contributed by atoms with Crippen molar-refractivity contribution in [3.8, 4) is 0 Å². The SMILES string of the molecule is Brc1ccc(C2CC(NCCCN3CCCCC3)C2)cc1. The summed E-state index contributed by atoms with van der Waals surface area (Å²) < 4.78 is 1.18. The average molecular weight is 351 g/mol. The van der Waals surface area contributed by atoms with Crippen LogP contribution in [0.5, 0.6) is 0 Å². The van der Waals surface area contributed by atoms with Crippen LogP contribution in [0.15, 0.2) is 28.7 Å². The standard InChI is InChI=1S/C18H27BrN2/c19-17-7-5-15(6-8-17)16-13-18(14-16)20-9-4-12-21-10-2-1-3-11-21/h5-8,16,18,20H,1-4,9-14H2. The summed E-state index contributed by atoms with van der Waals surface area (Å²) in [7, 11) is 0. The van der Waals surface area contributed by atoms with Crippen molar-refractivity contribution in [2.75, 3.05) is 26.2 Å². The van der Waals surface area contributed by atoms with Crippen LogP contribution < -0.4 is 5.32 Å². The van der Waals surface area contributed by atoms with Gasteiger partial charge in [-0.15, -0.1) is 0 Å². The zero-order valence-electron chi connectivity index (χ0n) is 12.9. The number of hydrogen-bond donors (Lipinski definition) is 1. The first-order valence-corrected chi connectivity index (χ1v) is 9.32. The summed E-state index contributed by atoms with van der Waals surface area (Å²) in [6.45, 7) is 5.13. The lowest BCUT2D eigenvalue weighted by Crippen LogP contribution is -2.41. The number of rotatable bonds is 6. The van der Waals surface area contributed by atoms with E-state index in [2.05, 4.69) is 50.4 Å². The highest BCUT2D eigenvalue weighted by molar-refractivity contribution is 9.10. The Morgan fingerprint density at radius 1 is 1.05 bits per heavy atom. The number of nitrogens with one attached hydrogen (secondary N) is 1. The highest BCUT2D eigenvalue weighted by Gasteiger charge is 2.29. The maximum absolute atomic E-state index is 3.73. The molecule has 0 unspecified atom stereocenters. The number of hydrogen-bond acceptors (Lipinski definition) is 2. The van der Waals surface area contributed by atoms with Crippen molar-refractivity contribution in [1.29, 1.82) is 0 Å². The molecule has 0 atom stereocenters. The monoisotopic (exact) mass is 350 g/mol. The fourth-order valence-corrected chi connectivity index (χ4v) is 3.85. The van der Waals surface area contributed by atoms with E-state index in [1.54, 1.807) is 0 Å². The summed E-state index contributed by atoms with van der Waals surface area (Å²) in [4.78, 5) is 2.64. The van der Waals surface area contributed by atoms with E-state index in [0.717, 1.165) is 12.0 Å². The lowest BCUT2D eigenvalue weighted by molar-refractivity contribution is 0.220. The van der Waals surface area contributed by atoms with E-state index in [0.29, 0.717) is 0 Å². The van der Waals surface area contributed by atoms with Gasteiger partial charge in [0.15, 0.2) is 0 Å². The molecule has 1 aromatic rings. The second-order valence-corrected chi connectivity index (χ2v) is 7.54. The first-order chi connectivity index (χ1) is 10.3. The van der Waals surface area contributed by atoms with Crippen LogP contribution in [0.2, 0.25) is 0 Å². The van der Waals surface area contributed by atoms with Gasteiger partial charge in [-0.1, -0.05) is 34.5 Å².